The zero-order chi connectivity index (χ0) is 12.4. The maximum Gasteiger partial charge on any atom is 0.411 e. The Balaban J connectivity index is 1.91. The number of carboxylic acids is 1. The molecule has 0 aromatic carbocycles. The monoisotopic (exact) mass is 242 g/mol. The van der Waals surface area contributed by atoms with Crippen LogP contribution in [0.4, 0.5) is 4.79 Å². The molecule has 2 saturated heterocycles. The number of amides is 1. The fourth-order valence-corrected chi connectivity index (χ4v) is 2.45. The summed E-state index contributed by atoms with van der Waals surface area (Å²) in [5.41, 5.74) is 0. The SMILES string of the molecule is CCN1CCC(N2C[C@H](C(=O)O)OC2=O)CC1. The Morgan fingerprint density at radius 1 is 1.47 bits per heavy atom. The van der Waals surface area contributed by atoms with Gasteiger partial charge in [-0.05, 0) is 19.4 Å². The first-order valence-corrected chi connectivity index (χ1v) is 6.04. The van der Waals surface area contributed by atoms with E-state index in [1.807, 2.05) is 0 Å². The van der Waals surface area contributed by atoms with Crippen LogP contribution in [0.5, 0.6) is 0 Å². The van der Waals surface area contributed by atoms with Crippen molar-refractivity contribution >= 4 is 12.1 Å². The third kappa shape index (κ3) is 2.52. The van der Waals surface area contributed by atoms with Gasteiger partial charge in [-0.25, -0.2) is 9.59 Å². The third-order valence-electron chi connectivity index (χ3n) is 3.56. The van der Waals surface area contributed by atoms with E-state index in [9.17, 15) is 9.59 Å². The summed E-state index contributed by atoms with van der Waals surface area (Å²) >= 11 is 0. The number of nitrogens with zero attached hydrogens (tertiary/aromatic N) is 2. The molecule has 0 spiro atoms. The molecule has 0 aromatic rings. The summed E-state index contributed by atoms with van der Waals surface area (Å²) in [7, 11) is 0. The van der Waals surface area contributed by atoms with Gasteiger partial charge in [0.05, 0.1) is 6.54 Å². The molecule has 0 aliphatic carbocycles. The molecular formula is C11H18N2O4. The van der Waals surface area contributed by atoms with Gasteiger partial charge in [0.1, 0.15) is 0 Å². The van der Waals surface area contributed by atoms with Gasteiger partial charge in [0.25, 0.3) is 0 Å². The highest BCUT2D eigenvalue weighted by molar-refractivity contribution is 5.81. The number of likely N-dealkylation sites (tertiary alicyclic amines) is 1. The van der Waals surface area contributed by atoms with Gasteiger partial charge in [-0.2, -0.15) is 0 Å². The first-order chi connectivity index (χ1) is 8.11. The first-order valence-electron chi connectivity index (χ1n) is 6.04. The van der Waals surface area contributed by atoms with E-state index >= 15 is 0 Å². The number of piperidine rings is 1. The first kappa shape index (κ1) is 12.2. The molecule has 1 atom stereocenters. The van der Waals surface area contributed by atoms with Crippen molar-refractivity contribution in [3.63, 3.8) is 0 Å². The van der Waals surface area contributed by atoms with Crippen LogP contribution < -0.4 is 0 Å². The lowest BCUT2D eigenvalue weighted by molar-refractivity contribution is -0.144. The second-order valence-corrected chi connectivity index (χ2v) is 4.53. The molecular weight excluding hydrogens is 224 g/mol. The number of carboxylic acid groups (broad SMARTS) is 1. The molecule has 96 valence electrons. The van der Waals surface area contributed by atoms with Crippen LogP contribution in [0.3, 0.4) is 0 Å². The van der Waals surface area contributed by atoms with E-state index in [0.717, 1.165) is 32.5 Å². The van der Waals surface area contributed by atoms with E-state index in [-0.39, 0.29) is 12.6 Å². The summed E-state index contributed by atoms with van der Waals surface area (Å²) in [4.78, 5) is 26.2. The molecule has 17 heavy (non-hydrogen) atoms. The van der Waals surface area contributed by atoms with E-state index < -0.39 is 18.2 Å². The fraction of sp³-hybridized carbons (Fsp3) is 0.818. The molecule has 0 aromatic heterocycles. The molecule has 0 unspecified atom stereocenters. The van der Waals surface area contributed by atoms with Gasteiger partial charge in [0.2, 0.25) is 6.10 Å². The highest BCUT2D eigenvalue weighted by atomic mass is 16.6. The lowest BCUT2D eigenvalue weighted by Gasteiger charge is -2.34. The number of ether oxygens (including phenoxy) is 1. The van der Waals surface area contributed by atoms with Crippen LogP contribution in [-0.2, 0) is 9.53 Å². The van der Waals surface area contributed by atoms with Gasteiger partial charge in [0.15, 0.2) is 0 Å². The zero-order valence-electron chi connectivity index (χ0n) is 9.96. The maximum absolute atomic E-state index is 11.6. The summed E-state index contributed by atoms with van der Waals surface area (Å²) < 4.78 is 4.82. The molecule has 0 radical (unpaired) electrons. The third-order valence-corrected chi connectivity index (χ3v) is 3.56. The Hall–Kier alpha value is -1.30. The molecule has 2 rings (SSSR count). The van der Waals surface area contributed by atoms with Crippen molar-refractivity contribution in [2.24, 2.45) is 0 Å². The van der Waals surface area contributed by atoms with Crippen LogP contribution in [0.1, 0.15) is 19.8 Å². The number of rotatable bonds is 3. The van der Waals surface area contributed by atoms with E-state index in [4.69, 9.17) is 9.84 Å². The Bertz CT molecular complexity index is 313. The highest BCUT2D eigenvalue weighted by Crippen LogP contribution is 2.22. The summed E-state index contributed by atoms with van der Waals surface area (Å²) in [6.07, 6.45) is 0.323. The number of carbonyl (C=O) groups excluding carboxylic acids is 1. The Labute approximate surface area is 100 Å². The van der Waals surface area contributed by atoms with E-state index in [0.29, 0.717) is 0 Å². The molecule has 2 aliphatic rings. The molecule has 0 saturated carbocycles. The van der Waals surface area contributed by atoms with Crippen LogP contribution in [0, 0.1) is 0 Å². The van der Waals surface area contributed by atoms with Gasteiger partial charge in [-0.15, -0.1) is 0 Å². The quantitative estimate of drug-likeness (QED) is 0.774. The minimum atomic E-state index is -1.06. The minimum absolute atomic E-state index is 0.134. The number of hydrogen-bond donors (Lipinski definition) is 1. The van der Waals surface area contributed by atoms with Crippen LogP contribution in [0.15, 0.2) is 0 Å². The predicted molar refractivity (Wildman–Crippen MR) is 59.7 cm³/mol. The van der Waals surface area contributed by atoms with Gasteiger partial charge in [-0.3, -0.25) is 0 Å². The van der Waals surface area contributed by atoms with Gasteiger partial charge in [0, 0.05) is 19.1 Å². The van der Waals surface area contributed by atoms with Gasteiger partial charge >= 0.3 is 12.1 Å². The predicted octanol–water partition coefficient (Wildman–Crippen LogP) is 0.376. The minimum Gasteiger partial charge on any atom is -0.478 e. The zero-order valence-corrected chi connectivity index (χ0v) is 9.96. The second-order valence-electron chi connectivity index (χ2n) is 4.53. The van der Waals surface area contributed by atoms with Crippen LogP contribution in [0.25, 0.3) is 0 Å². The number of hydrogen-bond acceptors (Lipinski definition) is 4. The molecule has 1 amide bonds. The van der Waals surface area contributed by atoms with Crippen molar-refractivity contribution in [1.29, 1.82) is 0 Å². The smallest absolute Gasteiger partial charge is 0.411 e. The average molecular weight is 242 g/mol. The number of cyclic esters (lactones) is 1. The van der Waals surface area contributed by atoms with Crippen molar-refractivity contribution in [2.45, 2.75) is 31.9 Å². The lowest BCUT2D eigenvalue weighted by Crippen LogP contribution is -2.45. The maximum atomic E-state index is 11.6. The highest BCUT2D eigenvalue weighted by Gasteiger charge is 2.40. The van der Waals surface area contributed by atoms with Crippen LogP contribution in [0.2, 0.25) is 0 Å². The van der Waals surface area contributed by atoms with Crippen molar-refractivity contribution in [1.82, 2.24) is 9.80 Å². The Morgan fingerprint density at radius 2 is 2.12 bits per heavy atom. The topological polar surface area (TPSA) is 70.1 Å². The van der Waals surface area contributed by atoms with E-state index in [1.54, 1.807) is 4.90 Å². The largest absolute Gasteiger partial charge is 0.478 e. The average Bonchev–Trinajstić information content (AvgIpc) is 2.72. The standard InChI is InChI=1S/C11H18N2O4/c1-2-12-5-3-8(4-6-12)13-7-9(10(14)15)17-11(13)16/h8-9H,2-7H2,1H3,(H,14,15)/t9-/m1/s1. The van der Waals surface area contributed by atoms with E-state index in [1.165, 1.54) is 0 Å². The second kappa shape index (κ2) is 4.91. The molecule has 6 nitrogen and oxygen atoms in total. The fourth-order valence-electron chi connectivity index (χ4n) is 2.45. The molecule has 2 heterocycles. The molecule has 2 aliphatic heterocycles. The molecule has 1 N–H and O–H groups in total. The number of aliphatic carboxylic acids is 1. The van der Waals surface area contributed by atoms with Gasteiger partial charge < -0.3 is 19.6 Å². The Morgan fingerprint density at radius 3 is 2.59 bits per heavy atom. The van der Waals surface area contributed by atoms with Crippen molar-refractivity contribution in [2.75, 3.05) is 26.2 Å². The summed E-state index contributed by atoms with van der Waals surface area (Å²) in [5.74, 6) is -1.06. The lowest BCUT2D eigenvalue weighted by atomic mass is 10.0. The molecule has 2 fully saturated rings. The Kier molecular flexibility index (Phi) is 3.51. The number of carbonyl (C=O) groups is 2. The van der Waals surface area contributed by atoms with Crippen LogP contribution >= 0.6 is 0 Å². The van der Waals surface area contributed by atoms with Crippen molar-refractivity contribution in [3.8, 4) is 0 Å². The van der Waals surface area contributed by atoms with E-state index in [2.05, 4.69) is 11.8 Å². The molecule has 6 heteroatoms. The summed E-state index contributed by atoms with van der Waals surface area (Å²) in [6, 6.07) is 0.134. The molecule has 0 bridgehead atoms. The summed E-state index contributed by atoms with van der Waals surface area (Å²) in [5, 5.41) is 8.82. The van der Waals surface area contributed by atoms with Gasteiger partial charge in [-0.1, -0.05) is 6.92 Å². The normalized spacial score (nSPS) is 27.2. The van der Waals surface area contributed by atoms with Crippen molar-refractivity contribution in [3.05, 3.63) is 0 Å². The van der Waals surface area contributed by atoms with Crippen molar-refractivity contribution < 1.29 is 19.4 Å². The summed E-state index contributed by atoms with van der Waals surface area (Å²) in [6.45, 7) is 5.25. The van der Waals surface area contributed by atoms with Crippen LogP contribution in [-0.4, -0.2) is 65.3 Å².